The van der Waals surface area contributed by atoms with Gasteiger partial charge in [0.1, 0.15) is 0 Å². The fourth-order valence-electron chi connectivity index (χ4n) is 2.06. The lowest BCUT2D eigenvalue weighted by Crippen LogP contribution is -2.02. The normalized spacial score (nSPS) is 11.2. The van der Waals surface area contributed by atoms with E-state index in [4.69, 9.17) is 5.73 Å². The molecule has 0 aliphatic heterocycles. The number of phenols is 4. The summed E-state index contributed by atoms with van der Waals surface area (Å²) in [6.45, 7) is 0. The van der Waals surface area contributed by atoms with E-state index in [-0.39, 0.29) is 29.4 Å². The Hall–Kier alpha value is -3.74. The average Bonchev–Trinajstić information content (AvgIpc) is 2.60. The standard InChI is InChI=1S/C19H17NO6/c20-18-12(4-8-16(24)19(18)26)3-6-14(22)10-13(21)5-1-11-2-7-15(23)17(25)9-11/h1-9,23-26H,10,20H2/b5-1+,6-3+. The highest BCUT2D eigenvalue weighted by Crippen LogP contribution is 2.34. The van der Waals surface area contributed by atoms with Gasteiger partial charge >= 0.3 is 0 Å². The van der Waals surface area contributed by atoms with Crippen LogP contribution in [0.3, 0.4) is 0 Å². The largest absolute Gasteiger partial charge is 0.504 e. The van der Waals surface area contributed by atoms with Gasteiger partial charge in [0.05, 0.1) is 12.1 Å². The highest BCUT2D eigenvalue weighted by molar-refractivity contribution is 6.11. The van der Waals surface area contributed by atoms with Crippen LogP contribution in [-0.4, -0.2) is 32.0 Å². The minimum Gasteiger partial charge on any atom is -0.504 e. The Labute approximate surface area is 149 Å². The number of phenolic OH excluding ortho intramolecular Hbond substituents is 4. The molecule has 2 aromatic rings. The highest BCUT2D eigenvalue weighted by Gasteiger charge is 2.08. The van der Waals surface area contributed by atoms with Gasteiger partial charge in [-0.05, 0) is 48.1 Å². The smallest absolute Gasteiger partial charge is 0.181 e. The lowest BCUT2D eigenvalue weighted by Gasteiger charge is -2.04. The maximum atomic E-state index is 11.8. The number of carbonyl (C=O) groups is 2. The topological polar surface area (TPSA) is 141 Å². The Kier molecular flexibility index (Phi) is 5.64. The predicted molar refractivity (Wildman–Crippen MR) is 96.7 cm³/mol. The van der Waals surface area contributed by atoms with Crippen molar-refractivity contribution in [3.8, 4) is 23.0 Å². The van der Waals surface area contributed by atoms with E-state index in [9.17, 15) is 30.0 Å². The number of ketones is 2. The summed E-state index contributed by atoms with van der Waals surface area (Å²) in [4.78, 5) is 23.6. The van der Waals surface area contributed by atoms with E-state index >= 15 is 0 Å². The lowest BCUT2D eigenvalue weighted by molar-refractivity contribution is -0.121. The van der Waals surface area contributed by atoms with E-state index in [1.807, 2.05) is 0 Å². The van der Waals surface area contributed by atoms with Crippen molar-refractivity contribution >= 4 is 29.4 Å². The molecule has 6 N–H and O–H groups in total. The fourth-order valence-corrected chi connectivity index (χ4v) is 2.06. The van der Waals surface area contributed by atoms with E-state index in [0.29, 0.717) is 11.1 Å². The van der Waals surface area contributed by atoms with E-state index < -0.39 is 17.3 Å². The Morgan fingerprint density at radius 1 is 0.846 bits per heavy atom. The summed E-state index contributed by atoms with van der Waals surface area (Å²) < 4.78 is 0. The zero-order valence-electron chi connectivity index (χ0n) is 13.6. The molecule has 0 unspecified atom stereocenters. The van der Waals surface area contributed by atoms with Crippen LogP contribution >= 0.6 is 0 Å². The van der Waals surface area contributed by atoms with Crippen LogP contribution in [-0.2, 0) is 9.59 Å². The van der Waals surface area contributed by atoms with Gasteiger partial charge in [0.15, 0.2) is 34.6 Å². The molecule has 0 fully saturated rings. The van der Waals surface area contributed by atoms with Gasteiger partial charge in [-0.2, -0.15) is 0 Å². The molecule has 0 aliphatic rings. The summed E-state index contributed by atoms with van der Waals surface area (Å²) in [6, 6.07) is 6.72. The van der Waals surface area contributed by atoms with Crippen LogP contribution in [0.4, 0.5) is 5.69 Å². The van der Waals surface area contributed by atoms with Gasteiger partial charge in [-0.15, -0.1) is 0 Å². The molecule has 134 valence electrons. The molecular weight excluding hydrogens is 338 g/mol. The number of allylic oxidation sites excluding steroid dienone is 2. The van der Waals surface area contributed by atoms with Crippen molar-refractivity contribution in [1.29, 1.82) is 0 Å². The highest BCUT2D eigenvalue weighted by atomic mass is 16.3. The van der Waals surface area contributed by atoms with Crippen LogP contribution < -0.4 is 5.73 Å². The predicted octanol–water partition coefficient (Wildman–Crippen LogP) is 2.35. The molecule has 2 aromatic carbocycles. The number of carbonyl (C=O) groups excluding carboxylic acids is 2. The minimum absolute atomic E-state index is 0.0765. The second kappa shape index (κ2) is 7.89. The first-order chi connectivity index (χ1) is 12.3. The Balaban J connectivity index is 1.98. The molecule has 7 heteroatoms. The number of anilines is 1. The van der Waals surface area contributed by atoms with E-state index in [0.717, 1.165) is 6.08 Å². The Morgan fingerprint density at radius 3 is 2.12 bits per heavy atom. The number of nitrogens with two attached hydrogens (primary N) is 1. The van der Waals surface area contributed by atoms with Gasteiger partial charge in [-0.3, -0.25) is 9.59 Å². The fraction of sp³-hybridized carbons (Fsp3) is 0.0526. The van der Waals surface area contributed by atoms with Crippen molar-refractivity contribution in [2.24, 2.45) is 0 Å². The summed E-state index contributed by atoms with van der Waals surface area (Å²) in [7, 11) is 0. The monoisotopic (exact) mass is 355 g/mol. The number of nitrogen functional groups attached to an aromatic ring is 1. The third kappa shape index (κ3) is 4.64. The molecule has 0 heterocycles. The molecule has 0 amide bonds. The van der Waals surface area contributed by atoms with Gasteiger partial charge in [-0.25, -0.2) is 0 Å². The zero-order valence-corrected chi connectivity index (χ0v) is 13.6. The van der Waals surface area contributed by atoms with Crippen molar-refractivity contribution in [1.82, 2.24) is 0 Å². The maximum Gasteiger partial charge on any atom is 0.181 e. The number of benzene rings is 2. The molecule has 0 spiro atoms. The molecule has 2 rings (SSSR count). The van der Waals surface area contributed by atoms with E-state index in [1.165, 1.54) is 48.6 Å². The number of hydrogen-bond acceptors (Lipinski definition) is 7. The second-order valence-corrected chi connectivity index (χ2v) is 5.46. The number of hydrogen-bond donors (Lipinski definition) is 5. The van der Waals surface area contributed by atoms with Gasteiger partial charge in [0.25, 0.3) is 0 Å². The van der Waals surface area contributed by atoms with Crippen molar-refractivity contribution in [2.75, 3.05) is 5.73 Å². The molecule has 7 nitrogen and oxygen atoms in total. The molecule has 0 saturated carbocycles. The van der Waals surface area contributed by atoms with E-state index in [2.05, 4.69) is 0 Å². The maximum absolute atomic E-state index is 11.8. The van der Waals surface area contributed by atoms with Crippen molar-refractivity contribution in [3.63, 3.8) is 0 Å². The van der Waals surface area contributed by atoms with Crippen LogP contribution in [0.1, 0.15) is 17.5 Å². The van der Waals surface area contributed by atoms with Gasteiger partial charge in [-0.1, -0.05) is 12.1 Å². The third-order valence-corrected chi connectivity index (χ3v) is 3.49. The summed E-state index contributed by atoms with van der Waals surface area (Å²) in [5.74, 6) is -2.35. The van der Waals surface area contributed by atoms with Crippen molar-refractivity contribution in [3.05, 3.63) is 53.6 Å². The molecule has 0 aromatic heterocycles. The summed E-state index contributed by atoms with van der Waals surface area (Å²) in [6.07, 6.45) is 4.72. The van der Waals surface area contributed by atoms with Crippen LogP contribution in [0.15, 0.2) is 42.5 Å². The quantitative estimate of drug-likeness (QED) is 0.232. The van der Waals surface area contributed by atoms with Crippen molar-refractivity contribution in [2.45, 2.75) is 6.42 Å². The first kappa shape index (κ1) is 18.6. The van der Waals surface area contributed by atoms with Gasteiger partial charge in [0.2, 0.25) is 0 Å². The molecule has 26 heavy (non-hydrogen) atoms. The van der Waals surface area contributed by atoms with Crippen molar-refractivity contribution < 1.29 is 30.0 Å². The zero-order chi connectivity index (χ0) is 19.3. The van der Waals surface area contributed by atoms with Gasteiger partial charge in [0, 0.05) is 5.56 Å². The molecule has 0 atom stereocenters. The summed E-state index contributed by atoms with van der Waals surface area (Å²) >= 11 is 0. The minimum atomic E-state index is -0.476. The molecule has 0 aliphatic carbocycles. The SMILES string of the molecule is Nc1c(/C=C/C(=O)CC(=O)/C=C/c2ccc(O)c(O)c2)ccc(O)c1O. The third-order valence-electron chi connectivity index (χ3n) is 3.49. The molecular formula is C19H17NO6. The van der Waals surface area contributed by atoms with Crippen LogP contribution in [0.5, 0.6) is 23.0 Å². The summed E-state index contributed by atoms with van der Waals surface area (Å²) in [5.41, 5.74) is 6.36. The van der Waals surface area contributed by atoms with Crippen LogP contribution in [0.2, 0.25) is 0 Å². The van der Waals surface area contributed by atoms with Gasteiger partial charge < -0.3 is 26.2 Å². The summed E-state index contributed by atoms with van der Waals surface area (Å²) in [5, 5.41) is 37.4. The first-order valence-corrected chi connectivity index (χ1v) is 7.52. The Bertz CT molecular complexity index is 914. The lowest BCUT2D eigenvalue weighted by atomic mass is 10.1. The number of aromatic hydroxyl groups is 4. The molecule has 0 bridgehead atoms. The second-order valence-electron chi connectivity index (χ2n) is 5.46. The van der Waals surface area contributed by atoms with Crippen LogP contribution in [0, 0.1) is 0 Å². The first-order valence-electron chi connectivity index (χ1n) is 7.52. The number of rotatable bonds is 6. The average molecular weight is 355 g/mol. The molecule has 0 radical (unpaired) electrons. The Morgan fingerprint density at radius 2 is 1.46 bits per heavy atom. The van der Waals surface area contributed by atoms with E-state index in [1.54, 1.807) is 0 Å². The van der Waals surface area contributed by atoms with Crippen LogP contribution in [0.25, 0.3) is 12.2 Å². The molecule has 0 saturated heterocycles.